The fourth-order valence-corrected chi connectivity index (χ4v) is 4.05. The number of rotatable bonds is 14. The minimum atomic E-state index is 1.06. The van der Waals surface area contributed by atoms with Crippen molar-refractivity contribution in [2.75, 3.05) is 13.6 Å². The molecule has 1 saturated carbocycles. The van der Waals surface area contributed by atoms with Crippen LogP contribution >= 0.6 is 0 Å². The van der Waals surface area contributed by atoms with Crippen molar-refractivity contribution in [3.63, 3.8) is 0 Å². The highest BCUT2D eigenvalue weighted by Gasteiger charge is 2.20. The summed E-state index contributed by atoms with van der Waals surface area (Å²) >= 11 is 0. The average Bonchev–Trinajstić information content (AvgIpc) is 3.50. The molecule has 0 aliphatic heterocycles. The van der Waals surface area contributed by atoms with Crippen LogP contribution in [0.5, 0.6) is 0 Å². The average molecular weight is 380 g/mol. The summed E-state index contributed by atoms with van der Waals surface area (Å²) in [6.07, 6.45) is 15.1. The molecule has 154 valence electrons. The molecule has 0 bridgehead atoms. The van der Waals surface area contributed by atoms with Crippen LogP contribution in [0.1, 0.15) is 82.3 Å². The van der Waals surface area contributed by atoms with Crippen LogP contribution in [0.3, 0.4) is 0 Å². The maximum Gasteiger partial charge on any atom is 0.0169 e. The summed E-state index contributed by atoms with van der Waals surface area (Å²) in [4.78, 5) is 2.18. The molecule has 0 aromatic heterocycles. The number of hydrogen-bond donors (Lipinski definition) is 0. The molecule has 0 N–H and O–H groups in total. The van der Waals surface area contributed by atoms with E-state index in [1.54, 1.807) is 0 Å². The molecule has 0 atom stereocenters. The highest BCUT2D eigenvalue weighted by Crippen LogP contribution is 2.35. The highest BCUT2D eigenvalue weighted by atomic mass is 15.1. The van der Waals surface area contributed by atoms with E-state index in [0.717, 1.165) is 18.9 Å². The van der Waals surface area contributed by atoms with E-state index in [0.29, 0.717) is 0 Å². The third-order valence-corrected chi connectivity index (χ3v) is 6.08. The summed E-state index contributed by atoms with van der Waals surface area (Å²) in [6.45, 7) is 13.7. The van der Waals surface area contributed by atoms with Gasteiger partial charge in [0.05, 0.1) is 0 Å². The second-order valence-electron chi connectivity index (χ2n) is 8.72. The van der Waals surface area contributed by atoms with Crippen LogP contribution in [0.15, 0.2) is 54.8 Å². The van der Waals surface area contributed by atoms with Crippen LogP contribution in [0, 0.1) is 12.8 Å². The van der Waals surface area contributed by atoms with E-state index in [2.05, 4.69) is 63.2 Å². The minimum absolute atomic E-state index is 1.06. The summed E-state index contributed by atoms with van der Waals surface area (Å²) < 4.78 is 0. The van der Waals surface area contributed by atoms with Gasteiger partial charge in [-0.2, -0.15) is 0 Å². The first-order chi connectivity index (χ1) is 13.5. The summed E-state index contributed by atoms with van der Waals surface area (Å²) in [5.74, 6) is 1.06. The first-order valence-electron chi connectivity index (χ1n) is 11.3. The van der Waals surface area contributed by atoms with Crippen LogP contribution < -0.4 is 0 Å². The second-order valence-corrected chi connectivity index (χ2v) is 8.72. The first kappa shape index (κ1) is 22.5. The molecule has 1 nitrogen and oxygen atoms in total. The van der Waals surface area contributed by atoms with Gasteiger partial charge in [-0.05, 0) is 80.3 Å². The van der Waals surface area contributed by atoms with Gasteiger partial charge in [-0.1, -0.05) is 75.1 Å². The van der Waals surface area contributed by atoms with Crippen molar-refractivity contribution < 1.29 is 0 Å². The van der Waals surface area contributed by atoms with Crippen LogP contribution in [0.2, 0.25) is 0 Å². The number of benzene rings is 1. The largest absolute Gasteiger partial charge is 0.381 e. The van der Waals surface area contributed by atoms with Crippen LogP contribution in [0.4, 0.5) is 0 Å². The molecular weight excluding hydrogens is 338 g/mol. The van der Waals surface area contributed by atoms with Crippen molar-refractivity contribution in [2.45, 2.75) is 78.1 Å². The maximum absolute atomic E-state index is 4.36. The van der Waals surface area contributed by atoms with Crippen molar-refractivity contribution in [1.82, 2.24) is 4.90 Å². The van der Waals surface area contributed by atoms with Crippen LogP contribution in [-0.2, 0) is 0 Å². The van der Waals surface area contributed by atoms with Crippen LogP contribution in [-0.4, -0.2) is 18.5 Å². The summed E-state index contributed by atoms with van der Waals surface area (Å²) in [5.41, 5.74) is 7.11. The SMILES string of the molecule is C=CN(C)CCCC/C(=C(\CCCCCC1CC1)C(=C)C)c1ccccc1C. The number of allylic oxidation sites excluding steroid dienone is 3. The lowest BCUT2D eigenvalue weighted by Gasteiger charge is -2.19. The van der Waals surface area contributed by atoms with Crippen molar-refractivity contribution >= 4 is 5.57 Å². The molecule has 1 heteroatoms. The molecule has 0 unspecified atom stereocenters. The van der Waals surface area contributed by atoms with Gasteiger partial charge in [0.15, 0.2) is 0 Å². The van der Waals surface area contributed by atoms with E-state index in [1.165, 1.54) is 85.6 Å². The van der Waals surface area contributed by atoms with Gasteiger partial charge in [-0.25, -0.2) is 0 Å². The zero-order chi connectivity index (χ0) is 20.4. The lowest BCUT2D eigenvalue weighted by atomic mass is 9.87. The van der Waals surface area contributed by atoms with Gasteiger partial charge in [-0.15, -0.1) is 0 Å². The topological polar surface area (TPSA) is 3.24 Å². The molecule has 0 heterocycles. The normalized spacial score (nSPS) is 14.5. The summed E-state index contributed by atoms with van der Waals surface area (Å²) in [5, 5.41) is 0. The summed E-state index contributed by atoms with van der Waals surface area (Å²) in [6, 6.07) is 8.87. The zero-order valence-corrected chi connectivity index (χ0v) is 18.6. The molecule has 1 fully saturated rings. The Hall–Kier alpha value is -1.76. The molecular formula is C27H41N. The molecule has 28 heavy (non-hydrogen) atoms. The molecule has 0 spiro atoms. The standard InChI is InChI=1S/C27H41N/c1-6-28(5)21-13-12-18-27(26-17-11-10-14-23(26)4)25(22(2)3)16-9-7-8-15-24-19-20-24/h6,10-11,14,17,24H,1-2,7-9,12-13,15-16,18-21H2,3-5H3/b27-25-. The predicted octanol–water partition coefficient (Wildman–Crippen LogP) is 7.93. The van der Waals surface area contributed by atoms with Gasteiger partial charge in [0, 0.05) is 13.6 Å². The number of unbranched alkanes of at least 4 members (excludes halogenated alkanes) is 3. The van der Waals surface area contributed by atoms with Gasteiger partial charge in [0.2, 0.25) is 0 Å². The van der Waals surface area contributed by atoms with Gasteiger partial charge in [-0.3, -0.25) is 0 Å². The monoisotopic (exact) mass is 379 g/mol. The Morgan fingerprint density at radius 2 is 1.79 bits per heavy atom. The second kappa shape index (κ2) is 11.9. The fourth-order valence-electron chi connectivity index (χ4n) is 4.05. The van der Waals surface area contributed by atoms with E-state index >= 15 is 0 Å². The smallest absolute Gasteiger partial charge is 0.0169 e. The Bertz CT molecular complexity index is 663. The lowest BCUT2D eigenvalue weighted by molar-refractivity contribution is 0.439. The van der Waals surface area contributed by atoms with Crippen molar-refractivity contribution in [2.24, 2.45) is 5.92 Å². The van der Waals surface area contributed by atoms with E-state index in [-0.39, 0.29) is 0 Å². The van der Waals surface area contributed by atoms with E-state index in [4.69, 9.17) is 0 Å². The molecule has 2 rings (SSSR count). The molecule has 1 aromatic carbocycles. The van der Waals surface area contributed by atoms with Gasteiger partial charge in [0.25, 0.3) is 0 Å². The van der Waals surface area contributed by atoms with Gasteiger partial charge in [0.1, 0.15) is 0 Å². The number of hydrogen-bond acceptors (Lipinski definition) is 1. The zero-order valence-electron chi connectivity index (χ0n) is 18.6. The minimum Gasteiger partial charge on any atom is -0.381 e. The Labute approximate surface area is 174 Å². The molecule has 1 aliphatic rings. The Morgan fingerprint density at radius 3 is 2.43 bits per heavy atom. The number of nitrogens with zero attached hydrogens (tertiary/aromatic N) is 1. The quantitative estimate of drug-likeness (QED) is 0.234. The van der Waals surface area contributed by atoms with Gasteiger partial charge < -0.3 is 4.90 Å². The Kier molecular flexibility index (Phi) is 9.61. The van der Waals surface area contributed by atoms with Crippen molar-refractivity contribution in [1.29, 1.82) is 0 Å². The number of aryl methyl sites for hydroxylation is 1. The van der Waals surface area contributed by atoms with E-state index in [1.807, 2.05) is 6.20 Å². The highest BCUT2D eigenvalue weighted by molar-refractivity contribution is 5.74. The van der Waals surface area contributed by atoms with E-state index in [9.17, 15) is 0 Å². The van der Waals surface area contributed by atoms with E-state index < -0.39 is 0 Å². The first-order valence-corrected chi connectivity index (χ1v) is 11.3. The molecule has 0 saturated heterocycles. The maximum atomic E-state index is 4.36. The molecule has 0 amide bonds. The molecule has 1 aliphatic carbocycles. The molecule has 0 radical (unpaired) electrons. The third-order valence-electron chi connectivity index (χ3n) is 6.08. The lowest BCUT2D eigenvalue weighted by Crippen LogP contribution is -2.11. The van der Waals surface area contributed by atoms with Gasteiger partial charge >= 0.3 is 0 Å². The van der Waals surface area contributed by atoms with Crippen LogP contribution in [0.25, 0.3) is 5.57 Å². The predicted molar refractivity (Wildman–Crippen MR) is 125 cm³/mol. The Morgan fingerprint density at radius 1 is 1.07 bits per heavy atom. The third kappa shape index (κ3) is 7.70. The fraction of sp³-hybridized carbons (Fsp3) is 0.556. The molecule has 1 aromatic rings. The van der Waals surface area contributed by atoms with Crippen molar-refractivity contribution in [3.05, 3.63) is 65.9 Å². The summed E-state index contributed by atoms with van der Waals surface area (Å²) in [7, 11) is 2.10. The van der Waals surface area contributed by atoms with Crippen molar-refractivity contribution in [3.8, 4) is 0 Å². The Balaban J connectivity index is 2.07.